The molecule has 3 rings (SSSR count). The van der Waals surface area contributed by atoms with Crippen LogP contribution in [0.5, 0.6) is 0 Å². The Hall–Kier alpha value is -2.27. The van der Waals surface area contributed by atoms with E-state index in [1.165, 1.54) is 24.3 Å². The van der Waals surface area contributed by atoms with Gasteiger partial charge in [0.2, 0.25) is 0 Å². The van der Waals surface area contributed by atoms with Crippen LogP contribution in [0.15, 0.2) is 48.8 Å². The predicted molar refractivity (Wildman–Crippen MR) is 77.3 cm³/mol. The summed E-state index contributed by atoms with van der Waals surface area (Å²) in [5, 5.41) is -0.0448. The molecule has 1 aromatic heterocycles. The van der Waals surface area contributed by atoms with E-state index in [2.05, 4.69) is 9.97 Å². The van der Waals surface area contributed by atoms with Crippen LogP contribution in [0.3, 0.4) is 0 Å². The molecule has 1 heterocycles. The average Bonchev–Trinajstić information content (AvgIpc) is 3.01. The van der Waals surface area contributed by atoms with Gasteiger partial charge in [0, 0.05) is 12.4 Å². The summed E-state index contributed by atoms with van der Waals surface area (Å²) in [5.74, 6) is -2.42. The molecule has 6 heteroatoms. The number of H-pyrrole nitrogens is 1. The van der Waals surface area contributed by atoms with Crippen molar-refractivity contribution in [3.8, 4) is 0 Å². The molecule has 2 nitrogen and oxygen atoms in total. The van der Waals surface area contributed by atoms with Gasteiger partial charge in [-0.05, 0) is 35.4 Å². The fourth-order valence-electron chi connectivity index (χ4n) is 2.33. The molecule has 0 spiro atoms. The van der Waals surface area contributed by atoms with Gasteiger partial charge in [0.05, 0.1) is 10.9 Å². The first-order valence-corrected chi connectivity index (χ1v) is 6.83. The van der Waals surface area contributed by atoms with Crippen molar-refractivity contribution in [2.45, 2.75) is 5.92 Å². The van der Waals surface area contributed by atoms with Crippen molar-refractivity contribution < 1.29 is 13.2 Å². The Bertz CT molecular complexity index is 752. The Kier molecular flexibility index (Phi) is 3.90. The summed E-state index contributed by atoms with van der Waals surface area (Å²) in [6.07, 6.45) is 3.17. The molecule has 0 fully saturated rings. The van der Waals surface area contributed by atoms with Crippen molar-refractivity contribution >= 4 is 11.6 Å². The monoisotopic (exact) mass is 322 g/mol. The first-order chi connectivity index (χ1) is 10.6. The highest BCUT2D eigenvalue weighted by molar-refractivity contribution is 6.30. The molecule has 0 radical (unpaired) electrons. The van der Waals surface area contributed by atoms with E-state index in [0.717, 1.165) is 12.1 Å². The Morgan fingerprint density at radius 1 is 0.909 bits per heavy atom. The average molecular weight is 323 g/mol. The summed E-state index contributed by atoms with van der Waals surface area (Å²) in [6, 6.07) is 7.82. The van der Waals surface area contributed by atoms with E-state index in [1.807, 2.05) is 0 Å². The van der Waals surface area contributed by atoms with Gasteiger partial charge in [0.15, 0.2) is 11.6 Å². The van der Waals surface area contributed by atoms with Crippen LogP contribution >= 0.6 is 11.6 Å². The quantitative estimate of drug-likeness (QED) is 0.746. The first kappa shape index (κ1) is 14.7. The van der Waals surface area contributed by atoms with Crippen molar-refractivity contribution in [2.75, 3.05) is 0 Å². The molecule has 0 saturated carbocycles. The van der Waals surface area contributed by atoms with E-state index < -0.39 is 23.4 Å². The number of rotatable bonds is 3. The largest absolute Gasteiger partial charge is 0.348 e. The summed E-state index contributed by atoms with van der Waals surface area (Å²) in [7, 11) is 0. The number of aromatic amines is 1. The molecule has 1 atom stereocenters. The molecular formula is C16H10ClF3N2. The number of halogens is 4. The molecule has 0 aliphatic carbocycles. The van der Waals surface area contributed by atoms with Gasteiger partial charge in [0.25, 0.3) is 0 Å². The second-order valence-corrected chi connectivity index (χ2v) is 5.16. The van der Waals surface area contributed by atoms with E-state index in [-0.39, 0.29) is 5.02 Å². The number of hydrogen-bond donors (Lipinski definition) is 1. The summed E-state index contributed by atoms with van der Waals surface area (Å²) in [5.41, 5.74) is 1.10. The van der Waals surface area contributed by atoms with Crippen LogP contribution in [0.4, 0.5) is 13.2 Å². The molecule has 0 amide bonds. The highest BCUT2D eigenvalue weighted by atomic mass is 35.5. The fraction of sp³-hybridized carbons (Fsp3) is 0.0625. The number of benzene rings is 2. The maximum absolute atomic E-state index is 13.5. The Labute approximate surface area is 129 Å². The first-order valence-electron chi connectivity index (χ1n) is 6.45. The molecule has 3 aromatic rings. The summed E-state index contributed by atoms with van der Waals surface area (Å²) < 4.78 is 40.1. The molecular weight excluding hydrogens is 313 g/mol. The number of aromatic nitrogens is 2. The SMILES string of the molecule is Fc1ccc(C(c2ccc(F)c(Cl)c2)c2ncc[nH]2)cc1F. The van der Waals surface area contributed by atoms with Gasteiger partial charge in [-0.25, -0.2) is 18.2 Å². The smallest absolute Gasteiger partial charge is 0.159 e. The maximum Gasteiger partial charge on any atom is 0.159 e. The topological polar surface area (TPSA) is 28.7 Å². The van der Waals surface area contributed by atoms with Crippen LogP contribution in [-0.2, 0) is 0 Å². The molecule has 112 valence electrons. The lowest BCUT2D eigenvalue weighted by Crippen LogP contribution is -2.06. The van der Waals surface area contributed by atoms with Gasteiger partial charge < -0.3 is 4.98 Å². The van der Waals surface area contributed by atoms with Gasteiger partial charge in [0.1, 0.15) is 11.6 Å². The maximum atomic E-state index is 13.5. The van der Waals surface area contributed by atoms with Crippen molar-refractivity contribution in [3.05, 3.63) is 88.2 Å². The van der Waals surface area contributed by atoms with Gasteiger partial charge in [-0.1, -0.05) is 23.7 Å². The van der Waals surface area contributed by atoms with Crippen LogP contribution in [0.1, 0.15) is 22.9 Å². The second-order valence-electron chi connectivity index (χ2n) is 4.75. The van der Waals surface area contributed by atoms with E-state index in [9.17, 15) is 13.2 Å². The van der Waals surface area contributed by atoms with Gasteiger partial charge in [-0.2, -0.15) is 0 Å². The molecule has 0 aliphatic rings. The standard InChI is InChI=1S/C16H10ClF3N2/c17-11-7-9(1-3-12(11)18)15(16-21-5-6-22-16)10-2-4-13(19)14(20)8-10/h1-8,15H,(H,21,22). The lowest BCUT2D eigenvalue weighted by Gasteiger charge is -2.16. The normalized spacial score (nSPS) is 12.4. The second kappa shape index (κ2) is 5.85. The third-order valence-corrected chi connectivity index (χ3v) is 3.64. The molecule has 0 bridgehead atoms. The molecule has 1 N–H and O–H groups in total. The lowest BCUT2D eigenvalue weighted by molar-refractivity contribution is 0.506. The lowest BCUT2D eigenvalue weighted by atomic mass is 9.90. The number of nitrogens with zero attached hydrogens (tertiary/aromatic N) is 1. The summed E-state index contributed by atoms with van der Waals surface area (Å²) in [4.78, 5) is 7.10. The van der Waals surface area contributed by atoms with Crippen LogP contribution in [0, 0.1) is 17.5 Å². The zero-order chi connectivity index (χ0) is 15.7. The minimum atomic E-state index is -0.956. The van der Waals surface area contributed by atoms with E-state index in [1.54, 1.807) is 12.4 Å². The Morgan fingerprint density at radius 3 is 2.18 bits per heavy atom. The Balaban J connectivity index is 2.15. The summed E-state index contributed by atoms with van der Waals surface area (Å²) in [6.45, 7) is 0. The Morgan fingerprint density at radius 2 is 1.59 bits per heavy atom. The number of nitrogens with one attached hydrogen (secondary N) is 1. The minimum Gasteiger partial charge on any atom is -0.348 e. The summed E-state index contributed by atoms with van der Waals surface area (Å²) >= 11 is 5.82. The molecule has 22 heavy (non-hydrogen) atoms. The van der Waals surface area contributed by atoms with Crippen LogP contribution in [0.25, 0.3) is 0 Å². The van der Waals surface area contributed by atoms with Gasteiger partial charge in [-0.15, -0.1) is 0 Å². The molecule has 2 aromatic carbocycles. The molecule has 0 saturated heterocycles. The number of imidazole rings is 1. The third kappa shape index (κ3) is 2.72. The molecule has 0 aliphatic heterocycles. The van der Waals surface area contributed by atoms with Gasteiger partial charge in [-0.3, -0.25) is 0 Å². The van der Waals surface area contributed by atoms with Crippen molar-refractivity contribution in [1.29, 1.82) is 0 Å². The van der Waals surface area contributed by atoms with Crippen LogP contribution in [0.2, 0.25) is 5.02 Å². The van der Waals surface area contributed by atoms with Crippen molar-refractivity contribution in [2.24, 2.45) is 0 Å². The van der Waals surface area contributed by atoms with Crippen molar-refractivity contribution in [3.63, 3.8) is 0 Å². The molecule has 1 unspecified atom stereocenters. The predicted octanol–water partition coefficient (Wildman–Crippen LogP) is 4.66. The van der Waals surface area contributed by atoms with Gasteiger partial charge >= 0.3 is 0 Å². The van der Waals surface area contributed by atoms with E-state index in [4.69, 9.17) is 11.6 Å². The highest BCUT2D eigenvalue weighted by Crippen LogP contribution is 2.32. The fourth-order valence-corrected chi connectivity index (χ4v) is 2.52. The third-order valence-electron chi connectivity index (χ3n) is 3.35. The van der Waals surface area contributed by atoms with E-state index in [0.29, 0.717) is 17.0 Å². The van der Waals surface area contributed by atoms with Crippen molar-refractivity contribution in [1.82, 2.24) is 9.97 Å². The zero-order valence-electron chi connectivity index (χ0n) is 11.2. The highest BCUT2D eigenvalue weighted by Gasteiger charge is 2.21. The minimum absolute atomic E-state index is 0.0448. The number of hydrogen-bond acceptors (Lipinski definition) is 1. The zero-order valence-corrected chi connectivity index (χ0v) is 11.9. The van der Waals surface area contributed by atoms with E-state index >= 15 is 0 Å². The van der Waals surface area contributed by atoms with Crippen LogP contribution < -0.4 is 0 Å². The van der Waals surface area contributed by atoms with Crippen LogP contribution in [-0.4, -0.2) is 9.97 Å².